The predicted octanol–water partition coefficient (Wildman–Crippen LogP) is 4.51. The minimum absolute atomic E-state index is 0.299. The third-order valence-electron chi connectivity index (χ3n) is 4.35. The van der Waals surface area contributed by atoms with Gasteiger partial charge in [-0.05, 0) is 31.2 Å². The second-order valence-corrected chi connectivity index (χ2v) is 6.34. The molecule has 0 aliphatic heterocycles. The Balaban J connectivity index is 1.72. The number of carbonyl (C=O) groups is 1. The van der Waals surface area contributed by atoms with Crippen LogP contribution in [0, 0.1) is 11.8 Å². The Labute approximate surface area is 168 Å². The normalized spacial score (nSPS) is 10.2. The zero-order chi connectivity index (χ0) is 20.1. The second kappa shape index (κ2) is 8.32. The maximum atomic E-state index is 11.7. The number of nitrogens with zero attached hydrogens (tertiary/aromatic N) is 1. The fourth-order valence-corrected chi connectivity index (χ4v) is 2.99. The molecule has 0 saturated heterocycles. The average molecular weight is 381 g/mol. The molecule has 4 aromatic rings. The van der Waals surface area contributed by atoms with Crippen molar-refractivity contribution in [2.45, 2.75) is 6.92 Å². The molecule has 2 N–H and O–H groups in total. The molecule has 29 heavy (non-hydrogen) atoms. The molecule has 0 bridgehead atoms. The summed E-state index contributed by atoms with van der Waals surface area (Å²) < 4.78 is 6.08. The fraction of sp³-hybridized carbons (Fsp3) is 0.0833. The van der Waals surface area contributed by atoms with Crippen LogP contribution in [0.1, 0.15) is 12.5 Å². The van der Waals surface area contributed by atoms with E-state index in [0.29, 0.717) is 6.54 Å². The average Bonchev–Trinajstić information content (AvgIpc) is 3.16. The minimum Gasteiger partial charge on any atom is -0.457 e. The Morgan fingerprint density at radius 2 is 1.93 bits per heavy atom. The quantitative estimate of drug-likeness (QED) is 0.511. The number of rotatable bonds is 4. The Morgan fingerprint density at radius 1 is 1.14 bits per heavy atom. The van der Waals surface area contributed by atoms with Gasteiger partial charge < -0.3 is 15.0 Å². The van der Waals surface area contributed by atoms with E-state index in [4.69, 9.17) is 4.74 Å². The van der Waals surface area contributed by atoms with Gasteiger partial charge >= 0.3 is 0 Å². The van der Waals surface area contributed by atoms with Crippen LogP contribution in [0.3, 0.4) is 0 Å². The van der Waals surface area contributed by atoms with E-state index in [1.54, 1.807) is 12.4 Å². The first-order valence-electron chi connectivity index (χ1n) is 9.34. The molecule has 2 aromatic heterocycles. The molecule has 0 aliphatic rings. The predicted molar refractivity (Wildman–Crippen MR) is 114 cm³/mol. The zero-order valence-corrected chi connectivity index (χ0v) is 15.9. The molecule has 0 atom stereocenters. The van der Waals surface area contributed by atoms with E-state index in [1.165, 1.54) is 0 Å². The number of nitrogens with one attached hydrogen (secondary N) is 2. The van der Waals surface area contributed by atoms with E-state index in [9.17, 15) is 4.79 Å². The fourth-order valence-electron chi connectivity index (χ4n) is 2.99. The first kappa shape index (κ1) is 18.3. The summed E-state index contributed by atoms with van der Waals surface area (Å²) in [4.78, 5) is 19.3. The lowest BCUT2D eigenvalue weighted by Crippen LogP contribution is -2.20. The number of para-hydroxylation sites is 2. The van der Waals surface area contributed by atoms with E-state index in [1.807, 2.05) is 67.6 Å². The number of benzene rings is 2. The second-order valence-electron chi connectivity index (χ2n) is 6.34. The van der Waals surface area contributed by atoms with Crippen molar-refractivity contribution in [1.82, 2.24) is 15.3 Å². The van der Waals surface area contributed by atoms with Crippen LogP contribution in [0.2, 0.25) is 0 Å². The van der Waals surface area contributed by atoms with Crippen LogP contribution in [-0.4, -0.2) is 22.4 Å². The van der Waals surface area contributed by atoms with E-state index in [-0.39, 0.29) is 5.91 Å². The number of hydrogen-bond donors (Lipinski definition) is 2. The third-order valence-corrected chi connectivity index (χ3v) is 4.35. The highest BCUT2D eigenvalue weighted by atomic mass is 16.5. The molecule has 2 aromatic carbocycles. The molecule has 0 radical (unpaired) electrons. The molecule has 0 saturated carbocycles. The van der Waals surface area contributed by atoms with Gasteiger partial charge in [0.15, 0.2) is 0 Å². The Morgan fingerprint density at radius 3 is 2.76 bits per heavy atom. The van der Waals surface area contributed by atoms with Gasteiger partial charge in [-0.1, -0.05) is 42.3 Å². The van der Waals surface area contributed by atoms with Crippen LogP contribution in [0.15, 0.2) is 73.1 Å². The number of aromatic amines is 1. The summed E-state index contributed by atoms with van der Waals surface area (Å²) in [6.45, 7) is 2.40. The number of aromatic nitrogens is 2. The molecule has 0 aliphatic carbocycles. The summed E-state index contributed by atoms with van der Waals surface area (Å²) in [6.07, 6.45) is 3.56. The van der Waals surface area contributed by atoms with Crippen molar-refractivity contribution >= 4 is 16.9 Å². The molecular formula is C24H19N3O2. The van der Waals surface area contributed by atoms with Crippen molar-refractivity contribution in [2.75, 3.05) is 6.54 Å². The molecular weight excluding hydrogens is 362 g/mol. The maximum Gasteiger partial charge on any atom is 0.296 e. The standard InChI is InChI=1S/C24H19N3O2/c1-2-25-23(28)13-12-17-15-26-24-21(17)14-18(16-27-24)20-10-6-7-11-22(20)29-19-8-4-3-5-9-19/h3-11,14-16H,2H2,1H3,(H,25,28)(H,26,27). The van der Waals surface area contributed by atoms with Crippen molar-refractivity contribution in [3.63, 3.8) is 0 Å². The monoisotopic (exact) mass is 381 g/mol. The smallest absolute Gasteiger partial charge is 0.296 e. The first-order valence-corrected chi connectivity index (χ1v) is 9.34. The van der Waals surface area contributed by atoms with Gasteiger partial charge in [0, 0.05) is 41.4 Å². The lowest BCUT2D eigenvalue weighted by Gasteiger charge is -2.11. The molecule has 142 valence electrons. The van der Waals surface area contributed by atoms with Gasteiger partial charge in [0.25, 0.3) is 5.91 Å². The highest BCUT2D eigenvalue weighted by molar-refractivity contribution is 5.96. The van der Waals surface area contributed by atoms with Crippen molar-refractivity contribution in [1.29, 1.82) is 0 Å². The SMILES string of the molecule is CCNC(=O)C#Cc1c[nH]c2ncc(-c3ccccc3Oc3ccccc3)cc12. The van der Waals surface area contributed by atoms with Crippen LogP contribution < -0.4 is 10.1 Å². The molecule has 1 amide bonds. The molecule has 0 unspecified atom stereocenters. The van der Waals surface area contributed by atoms with E-state index >= 15 is 0 Å². The van der Waals surface area contributed by atoms with Crippen molar-refractivity contribution in [3.05, 3.63) is 78.6 Å². The largest absolute Gasteiger partial charge is 0.457 e. The molecule has 4 rings (SSSR count). The highest BCUT2D eigenvalue weighted by Crippen LogP contribution is 2.34. The van der Waals surface area contributed by atoms with Gasteiger partial charge in [0.1, 0.15) is 17.1 Å². The third kappa shape index (κ3) is 4.12. The number of amides is 1. The number of carbonyl (C=O) groups excluding carboxylic acids is 1. The number of hydrogen-bond acceptors (Lipinski definition) is 3. The van der Waals surface area contributed by atoms with Gasteiger partial charge in [-0.2, -0.15) is 0 Å². The Kier molecular flexibility index (Phi) is 5.26. The summed E-state index contributed by atoms with van der Waals surface area (Å²) in [7, 11) is 0. The van der Waals surface area contributed by atoms with Gasteiger partial charge in [0.2, 0.25) is 0 Å². The Bertz CT molecular complexity index is 1220. The summed E-state index contributed by atoms with van der Waals surface area (Å²) in [5.74, 6) is 6.74. The lowest BCUT2D eigenvalue weighted by atomic mass is 10.0. The molecule has 0 fully saturated rings. The van der Waals surface area contributed by atoms with Crippen molar-refractivity contribution < 1.29 is 9.53 Å². The molecule has 2 heterocycles. The minimum atomic E-state index is -0.299. The van der Waals surface area contributed by atoms with Crippen LogP contribution >= 0.6 is 0 Å². The summed E-state index contributed by atoms with van der Waals surface area (Å²) in [5.41, 5.74) is 3.27. The molecule has 0 spiro atoms. The topological polar surface area (TPSA) is 67.0 Å². The number of H-pyrrole nitrogens is 1. The van der Waals surface area contributed by atoms with Gasteiger partial charge in [-0.15, -0.1) is 0 Å². The summed E-state index contributed by atoms with van der Waals surface area (Å²) in [5, 5.41) is 3.52. The summed E-state index contributed by atoms with van der Waals surface area (Å²) >= 11 is 0. The lowest BCUT2D eigenvalue weighted by molar-refractivity contribution is -0.115. The Hall–Kier alpha value is -4.04. The van der Waals surface area contributed by atoms with Crippen LogP contribution in [0.4, 0.5) is 0 Å². The van der Waals surface area contributed by atoms with Gasteiger partial charge in [-0.25, -0.2) is 4.98 Å². The number of ether oxygens (including phenoxy) is 1. The number of pyridine rings is 1. The van der Waals surface area contributed by atoms with E-state index in [0.717, 1.165) is 39.2 Å². The first-order chi connectivity index (χ1) is 14.2. The zero-order valence-electron chi connectivity index (χ0n) is 15.9. The number of fused-ring (bicyclic) bond motifs is 1. The van der Waals surface area contributed by atoms with Crippen LogP contribution in [0.5, 0.6) is 11.5 Å². The van der Waals surface area contributed by atoms with Crippen molar-refractivity contribution in [3.8, 4) is 34.5 Å². The molecule has 5 nitrogen and oxygen atoms in total. The maximum absolute atomic E-state index is 11.7. The van der Waals surface area contributed by atoms with Crippen LogP contribution in [0.25, 0.3) is 22.2 Å². The summed E-state index contributed by atoms with van der Waals surface area (Å²) in [6, 6.07) is 19.5. The van der Waals surface area contributed by atoms with Gasteiger partial charge in [0.05, 0.1) is 5.56 Å². The van der Waals surface area contributed by atoms with Gasteiger partial charge in [-0.3, -0.25) is 4.79 Å². The van der Waals surface area contributed by atoms with Crippen molar-refractivity contribution in [2.24, 2.45) is 0 Å². The van der Waals surface area contributed by atoms with E-state index in [2.05, 4.69) is 27.1 Å². The van der Waals surface area contributed by atoms with Crippen LogP contribution in [-0.2, 0) is 4.79 Å². The van der Waals surface area contributed by atoms with E-state index < -0.39 is 0 Å². The molecule has 5 heteroatoms. The highest BCUT2D eigenvalue weighted by Gasteiger charge is 2.10.